The van der Waals surface area contributed by atoms with Gasteiger partial charge in [0.25, 0.3) is 0 Å². The Labute approximate surface area is 119 Å². The highest BCUT2D eigenvalue weighted by molar-refractivity contribution is 9.10. The minimum atomic E-state index is 0.982. The second-order valence-corrected chi connectivity index (χ2v) is 6.41. The van der Waals surface area contributed by atoms with E-state index in [-0.39, 0.29) is 0 Å². The molecule has 1 aliphatic carbocycles. The van der Waals surface area contributed by atoms with E-state index < -0.39 is 0 Å². The van der Waals surface area contributed by atoms with Crippen LogP contribution in [0.2, 0.25) is 0 Å². The van der Waals surface area contributed by atoms with Crippen LogP contribution in [0.3, 0.4) is 0 Å². The topological polar surface area (TPSA) is 12.0 Å². The van der Waals surface area contributed by atoms with Crippen LogP contribution in [0.4, 0.5) is 0 Å². The molecule has 0 bridgehead atoms. The first-order valence-electron chi connectivity index (χ1n) is 7.21. The lowest BCUT2D eigenvalue weighted by Gasteiger charge is -2.21. The zero-order valence-electron chi connectivity index (χ0n) is 11.3. The third kappa shape index (κ3) is 4.40. The fourth-order valence-corrected chi connectivity index (χ4v) is 3.19. The summed E-state index contributed by atoms with van der Waals surface area (Å²) < 4.78 is 1.22. The van der Waals surface area contributed by atoms with Gasteiger partial charge < -0.3 is 5.32 Å². The molecule has 18 heavy (non-hydrogen) atoms. The fourth-order valence-electron chi connectivity index (χ4n) is 2.76. The quantitative estimate of drug-likeness (QED) is 0.769. The van der Waals surface area contributed by atoms with Gasteiger partial charge in [-0.2, -0.15) is 0 Å². The summed E-state index contributed by atoms with van der Waals surface area (Å²) in [5, 5.41) is 3.57. The molecule has 1 aromatic carbocycles. The molecule has 0 atom stereocenters. The molecule has 0 saturated heterocycles. The van der Waals surface area contributed by atoms with Crippen molar-refractivity contribution in [3.63, 3.8) is 0 Å². The smallest absolute Gasteiger partial charge is 0.0207 e. The van der Waals surface area contributed by atoms with Crippen molar-refractivity contribution in [3.05, 3.63) is 33.8 Å². The molecule has 1 saturated carbocycles. The van der Waals surface area contributed by atoms with E-state index in [9.17, 15) is 0 Å². The first-order chi connectivity index (χ1) is 8.75. The predicted octanol–water partition coefficient (Wildman–Crippen LogP) is 4.82. The summed E-state index contributed by atoms with van der Waals surface area (Å²) in [6.45, 7) is 4.28. The van der Waals surface area contributed by atoms with E-state index in [1.807, 2.05) is 0 Å². The van der Waals surface area contributed by atoms with Crippen LogP contribution in [-0.2, 0) is 6.54 Å². The van der Waals surface area contributed by atoms with Crippen molar-refractivity contribution in [2.45, 2.75) is 52.0 Å². The van der Waals surface area contributed by atoms with E-state index in [0.717, 1.165) is 19.0 Å². The molecule has 1 nitrogen and oxygen atoms in total. The van der Waals surface area contributed by atoms with Crippen LogP contribution in [0.5, 0.6) is 0 Å². The van der Waals surface area contributed by atoms with Crippen molar-refractivity contribution in [1.29, 1.82) is 0 Å². The van der Waals surface area contributed by atoms with E-state index in [4.69, 9.17) is 0 Å². The third-order valence-corrected chi connectivity index (χ3v) is 4.87. The van der Waals surface area contributed by atoms with Gasteiger partial charge in [0.2, 0.25) is 0 Å². The van der Waals surface area contributed by atoms with Gasteiger partial charge in [-0.3, -0.25) is 0 Å². The molecule has 1 fully saturated rings. The Morgan fingerprint density at radius 2 is 2.00 bits per heavy atom. The first-order valence-corrected chi connectivity index (χ1v) is 8.01. The maximum absolute atomic E-state index is 3.59. The zero-order chi connectivity index (χ0) is 12.8. The molecule has 0 amide bonds. The highest BCUT2D eigenvalue weighted by Crippen LogP contribution is 2.25. The van der Waals surface area contributed by atoms with Gasteiger partial charge in [0.15, 0.2) is 0 Å². The lowest BCUT2D eigenvalue weighted by Crippen LogP contribution is -2.19. The summed E-state index contributed by atoms with van der Waals surface area (Å²) in [6.07, 6.45) is 8.63. The highest BCUT2D eigenvalue weighted by atomic mass is 79.9. The molecule has 2 heteroatoms. The van der Waals surface area contributed by atoms with E-state index in [1.165, 1.54) is 54.1 Å². The van der Waals surface area contributed by atoms with Crippen molar-refractivity contribution in [1.82, 2.24) is 5.32 Å². The molecule has 0 aromatic heterocycles. The highest BCUT2D eigenvalue weighted by Gasteiger charge is 2.12. The van der Waals surface area contributed by atoms with Crippen molar-refractivity contribution in [2.75, 3.05) is 6.54 Å². The maximum Gasteiger partial charge on any atom is 0.0207 e. The summed E-state index contributed by atoms with van der Waals surface area (Å²) in [4.78, 5) is 0. The molecule has 0 radical (unpaired) electrons. The van der Waals surface area contributed by atoms with Gasteiger partial charge in [0, 0.05) is 11.0 Å². The largest absolute Gasteiger partial charge is 0.313 e. The Morgan fingerprint density at radius 1 is 1.22 bits per heavy atom. The number of nitrogens with one attached hydrogen (secondary N) is 1. The van der Waals surface area contributed by atoms with Crippen LogP contribution in [0.15, 0.2) is 22.7 Å². The first kappa shape index (κ1) is 14.1. The predicted molar refractivity (Wildman–Crippen MR) is 81.8 cm³/mol. The van der Waals surface area contributed by atoms with E-state index >= 15 is 0 Å². The second kappa shape index (κ2) is 7.30. The monoisotopic (exact) mass is 309 g/mol. The molecule has 1 aromatic rings. The van der Waals surface area contributed by atoms with Crippen molar-refractivity contribution in [3.8, 4) is 0 Å². The maximum atomic E-state index is 3.59. The SMILES string of the molecule is Cc1ccc(CNCCC2CCCCC2)cc1Br. The Kier molecular flexibility index (Phi) is 5.71. The number of benzene rings is 1. The van der Waals surface area contributed by atoms with Crippen LogP contribution in [0.1, 0.15) is 49.7 Å². The van der Waals surface area contributed by atoms with Gasteiger partial charge in [0.1, 0.15) is 0 Å². The Morgan fingerprint density at radius 3 is 2.72 bits per heavy atom. The molecule has 1 N–H and O–H groups in total. The van der Waals surface area contributed by atoms with Crippen molar-refractivity contribution in [2.24, 2.45) is 5.92 Å². The average Bonchev–Trinajstić information content (AvgIpc) is 2.40. The van der Waals surface area contributed by atoms with Crippen molar-refractivity contribution < 1.29 is 0 Å². The number of aryl methyl sites for hydroxylation is 1. The Balaban J connectivity index is 1.66. The average molecular weight is 310 g/mol. The van der Waals surface area contributed by atoms with Crippen LogP contribution in [0.25, 0.3) is 0 Å². The molecular weight excluding hydrogens is 286 g/mol. The van der Waals surface area contributed by atoms with Gasteiger partial charge in [-0.25, -0.2) is 0 Å². The van der Waals surface area contributed by atoms with Gasteiger partial charge >= 0.3 is 0 Å². The Bertz CT molecular complexity index is 369. The lowest BCUT2D eigenvalue weighted by atomic mass is 9.87. The van der Waals surface area contributed by atoms with Gasteiger partial charge in [-0.15, -0.1) is 0 Å². The molecule has 1 aliphatic rings. The van der Waals surface area contributed by atoms with E-state index in [2.05, 4.69) is 46.4 Å². The molecule has 0 unspecified atom stereocenters. The standard InChI is InChI=1S/C16H24BrN/c1-13-7-8-15(11-16(13)17)12-18-10-9-14-5-3-2-4-6-14/h7-8,11,14,18H,2-6,9-10,12H2,1H3. The minimum absolute atomic E-state index is 0.982. The van der Waals surface area contributed by atoms with Gasteiger partial charge in [-0.1, -0.05) is 60.2 Å². The fraction of sp³-hybridized carbons (Fsp3) is 0.625. The summed E-state index contributed by atoms with van der Waals surface area (Å²) >= 11 is 3.59. The molecule has 2 rings (SSSR count). The normalized spacial score (nSPS) is 17.0. The van der Waals surface area contributed by atoms with Crippen LogP contribution < -0.4 is 5.32 Å². The van der Waals surface area contributed by atoms with Crippen LogP contribution >= 0.6 is 15.9 Å². The third-order valence-electron chi connectivity index (χ3n) is 4.02. The molecule has 0 heterocycles. The van der Waals surface area contributed by atoms with Gasteiger partial charge in [-0.05, 0) is 43.0 Å². The lowest BCUT2D eigenvalue weighted by molar-refractivity contribution is 0.334. The summed E-state index contributed by atoms with van der Waals surface area (Å²) in [7, 11) is 0. The van der Waals surface area contributed by atoms with E-state index in [0.29, 0.717) is 0 Å². The Hall–Kier alpha value is -0.340. The van der Waals surface area contributed by atoms with Crippen molar-refractivity contribution >= 4 is 15.9 Å². The van der Waals surface area contributed by atoms with Crippen LogP contribution in [0, 0.1) is 12.8 Å². The van der Waals surface area contributed by atoms with E-state index in [1.54, 1.807) is 0 Å². The van der Waals surface area contributed by atoms with Crippen LogP contribution in [-0.4, -0.2) is 6.54 Å². The molecule has 0 aliphatic heterocycles. The summed E-state index contributed by atoms with van der Waals surface area (Å²) in [5.74, 6) is 0.982. The zero-order valence-corrected chi connectivity index (χ0v) is 12.9. The molecule has 0 spiro atoms. The summed E-state index contributed by atoms with van der Waals surface area (Å²) in [6, 6.07) is 6.62. The number of hydrogen-bond donors (Lipinski definition) is 1. The number of hydrogen-bond acceptors (Lipinski definition) is 1. The minimum Gasteiger partial charge on any atom is -0.313 e. The number of rotatable bonds is 5. The summed E-state index contributed by atoms with van der Waals surface area (Å²) in [5.41, 5.74) is 2.68. The molecular formula is C16H24BrN. The van der Waals surface area contributed by atoms with Gasteiger partial charge in [0.05, 0.1) is 0 Å². The second-order valence-electron chi connectivity index (χ2n) is 5.55. The number of halogens is 1. The molecule has 100 valence electrons.